The average Bonchev–Trinajstić information content (AvgIpc) is 3.35. The van der Waals surface area contributed by atoms with E-state index in [4.69, 9.17) is 26.1 Å². The first-order chi connectivity index (χ1) is 17.4. The van der Waals surface area contributed by atoms with Crippen LogP contribution in [0.4, 0.5) is 10.2 Å². The molecule has 188 valence electrons. The molecule has 9 nitrogen and oxygen atoms in total. The standard InChI is InChI=1S/C25H26ClFN6O3/c1-15-29-20-11-22(32-6-9-36-21(14-32)16-12-28-33(13-16)7-8-35-3)30-24(23(20)25(34)31(15)2)18-5-4-17(26)10-19(18)27/h4-5,10-13,21H,6-9,14H2,1-3H3/t21-/m1/s1. The van der Waals surface area contributed by atoms with Crippen molar-refractivity contribution in [3.8, 4) is 11.3 Å². The van der Waals surface area contributed by atoms with Gasteiger partial charge in [0, 0.05) is 55.7 Å². The average molecular weight is 513 g/mol. The van der Waals surface area contributed by atoms with E-state index >= 15 is 4.39 Å². The fourth-order valence-electron chi connectivity index (χ4n) is 4.33. The van der Waals surface area contributed by atoms with Gasteiger partial charge in [-0.05, 0) is 25.1 Å². The van der Waals surface area contributed by atoms with Crippen molar-refractivity contribution in [2.24, 2.45) is 7.05 Å². The van der Waals surface area contributed by atoms with Crippen LogP contribution in [0.2, 0.25) is 5.02 Å². The number of benzene rings is 1. The van der Waals surface area contributed by atoms with Crippen LogP contribution in [0.15, 0.2) is 41.5 Å². The molecule has 0 N–H and O–H groups in total. The molecule has 0 saturated carbocycles. The highest BCUT2D eigenvalue weighted by Crippen LogP contribution is 2.32. The highest BCUT2D eigenvalue weighted by atomic mass is 35.5. The number of aromatic nitrogens is 5. The van der Waals surface area contributed by atoms with E-state index in [1.165, 1.54) is 10.6 Å². The predicted molar refractivity (Wildman–Crippen MR) is 135 cm³/mol. The molecule has 1 atom stereocenters. The van der Waals surface area contributed by atoms with Crippen LogP contribution in [-0.2, 0) is 23.1 Å². The maximum absolute atomic E-state index is 15.0. The number of aryl methyl sites for hydroxylation is 1. The van der Waals surface area contributed by atoms with Crippen LogP contribution < -0.4 is 10.5 Å². The molecule has 0 unspecified atom stereocenters. The highest BCUT2D eigenvalue weighted by Gasteiger charge is 2.26. The van der Waals surface area contributed by atoms with Crippen molar-refractivity contribution in [2.45, 2.75) is 19.6 Å². The second kappa shape index (κ2) is 9.96. The number of pyridine rings is 1. The lowest BCUT2D eigenvalue weighted by Gasteiger charge is -2.33. The summed E-state index contributed by atoms with van der Waals surface area (Å²) in [7, 11) is 3.29. The third-order valence-corrected chi connectivity index (χ3v) is 6.63. The van der Waals surface area contributed by atoms with E-state index in [1.54, 1.807) is 45.5 Å². The summed E-state index contributed by atoms with van der Waals surface area (Å²) in [6.07, 6.45) is 3.52. The number of rotatable bonds is 6. The van der Waals surface area contributed by atoms with Gasteiger partial charge >= 0.3 is 0 Å². The van der Waals surface area contributed by atoms with Gasteiger partial charge in [-0.25, -0.2) is 14.4 Å². The Morgan fingerprint density at radius 3 is 2.89 bits per heavy atom. The number of fused-ring (bicyclic) bond motifs is 1. The van der Waals surface area contributed by atoms with Gasteiger partial charge < -0.3 is 14.4 Å². The minimum Gasteiger partial charge on any atom is -0.383 e. The van der Waals surface area contributed by atoms with Gasteiger partial charge in [0.1, 0.15) is 23.6 Å². The summed E-state index contributed by atoms with van der Waals surface area (Å²) in [5.74, 6) is 0.585. The number of ether oxygens (including phenoxy) is 2. The normalized spacial score (nSPS) is 16.1. The van der Waals surface area contributed by atoms with Gasteiger partial charge in [0.15, 0.2) is 0 Å². The van der Waals surface area contributed by atoms with E-state index in [1.807, 2.05) is 10.9 Å². The Kier molecular flexibility index (Phi) is 6.74. The van der Waals surface area contributed by atoms with Crippen molar-refractivity contribution in [3.05, 3.63) is 69.2 Å². The largest absolute Gasteiger partial charge is 0.383 e. The summed E-state index contributed by atoms with van der Waals surface area (Å²) in [6.45, 7) is 4.54. The second-order valence-electron chi connectivity index (χ2n) is 8.71. The van der Waals surface area contributed by atoms with Crippen LogP contribution in [0, 0.1) is 12.7 Å². The van der Waals surface area contributed by atoms with E-state index in [0.29, 0.717) is 50.0 Å². The lowest BCUT2D eigenvalue weighted by Crippen LogP contribution is -2.39. The Morgan fingerprint density at radius 2 is 2.11 bits per heavy atom. The molecule has 1 aromatic carbocycles. The first-order valence-corrected chi connectivity index (χ1v) is 11.9. The van der Waals surface area contributed by atoms with Crippen LogP contribution in [0.5, 0.6) is 0 Å². The third kappa shape index (κ3) is 4.59. The molecule has 4 aromatic rings. The first-order valence-electron chi connectivity index (χ1n) is 11.6. The van der Waals surface area contributed by atoms with Gasteiger partial charge in [0.05, 0.1) is 42.6 Å². The van der Waals surface area contributed by atoms with Gasteiger partial charge in [0.25, 0.3) is 5.56 Å². The molecule has 36 heavy (non-hydrogen) atoms. The summed E-state index contributed by atoms with van der Waals surface area (Å²) in [5.41, 5.74) is 1.55. The number of hydrogen-bond acceptors (Lipinski definition) is 7. The molecule has 0 amide bonds. The summed E-state index contributed by atoms with van der Waals surface area (Å²) < 4.78 is 29.4. The number of morpholine rings is 1. The number of halogens is 2. The predicted octanol–water partition coefficient (Wildman–Crippen LogP) is 3.52. The SMILES string of the molecule is COCCn1cc([C@H]2CN(c3cc4nc(C)n(C)c(=O)c4c(-c4ccc(Cl)cc4F)n3)CCO2)cn1. The van der Waals surface area contributed by atoms with E-state index < -0.39 is 5.82 Å². The Bertz CT molecular complexity index is 1490. The molecule has 1 saturated heterocycles. The van der Waals surface area contributed by atoms with Crippen LogP contribution in [0.25, 0.3) is 22.2 Å². The summed E-state index contributed by atoms with van der Waals surface area (Å²) in [4.78, 5) is 24.7. The number of anilines is 1. The fraction of sp³-hybridized carbons (Fsp3) is 0.360. The van der Waals surface area contributed by atoms with E-state index in [-0.39, 0.29) is 33.3 Å². The molecule has 0 spiro atoms. The Labute approximate surface area is 212 Å². The minimum absolute atomic E-state index is 0.193. The van der Waals surface area contributed by atoms with Gasteiger partial charge in [-0.1, -0.05) is 11.6 Å². The topological polar surface area (TPSA) is 87.3 Å². The number of methoxy groups -OCH3 is 1. The van der Waals surface area contributed by atoms with Crippen LogP contribution in [0.3, 0.4) is 0 Å². The molecule has 5 rings (SSSR count). The first kappa shape index (κ1) is 24.4. The number of nitrogens with zero attached hydrogens (tertiary/aromatic N) is 6. The maximum Gasteiger partial charge on any atom is 0.263 e. The van der Waals surface area contributed by atoms with Crippen LogP contribution >= 0.6 is 11.6 Å². The zero-order chi connectivity index (χ0) is 25.4. The van der Waals surface area contributed by atoms with E-state index in [9.17, 15) is 4.79 Å². The van der Waals surface area contributed by atoms with Crippen LogP contribution in [-0.4, -0.2) is 57.7 Å². The Morgan fingerprint density at radius 1 is 1.28 bits per heavy atom. The summed E-state index contributed by atoms with van der Waals surface area (Å²) in [5, 5.41) is 4.91. The lowest BCUT2D eigenvalue weighted by molar-refractivity contribution is 0.0394. The molecule has 0 bridgehead atoms. The van der Waals surface area contributed by atoms with Gasteiger partial charge in [-0.15, -0.1) is 0 Å². The molecule has 0 aliphatic carbocycles. The zero-order valence-electron chi connectivity index (χ0n) is 20.2. The zero-order valence-corrected chi connectivity index (χ0v) is 21.0. The molecule has 11 heteroatoms. The monoisotopic (exact) mass is 512 g/mol. The summed E-state index contributed by atoms with van der Waals surface area (Å²) >= 11 is 5.98. The molecule has 1 fully saturated rings. The quantitative estimate of drug-likeness (QED) is 0.390. The van der Waals surface area contributed by atoms with Crippen molar-refractivity contribution in [3.63, 3.8) is 0 Å². The molecule has 4 heterocycles. The van der Waals surface area contributed by atoms with Crippen molar-refractivity contribution in [1.82, 2.24) is 24.3 Å². The van der Waals surface area contributed by atoms with E-state index in [0.717, 1.165) is 5.56 Å². The minimum atomic E-state index is -0.556. The van der Waals surface area contributed by atoms with Crippen molar-refractivity contribution in [1.29, 1.82) is 0 Å². The molecule has 3 aromatic heterocycles. The van der Waals surface area contributed by atoms with Crippen molar-refractivity contribution in [2.75, 3.05) is 38.3 Å². The van der Waals surface area contributed by atoms with Gasteiger partial charge in [0.2, 0.25) is 0 Å². The van der Waals surface area contributed by atoms with Gasteiger partial charge in [-0.2, -0.15) is 5.10 Å². The van der Waals surface area contributed by atoms with E-state index in [2.05, 4.69) is 15.0 Å². The lowest BCUT2D eigenvalue weighted by atomic mass is 10.1. The molecular weight excluding hydrogens is 487 g/mol. The second-order valence-corrected chi connectivity index (χ2v) is 9.14. The fourth-order valence-corrected chi connectivity index (χ4v) is 4.49. The van der Waals surface area contributed by atoms with Crippen molar-refractivity contribution < 1.29 is 13.9 Å². The summed E-state index contributed by atoms with van der Waals surface area (Å²) in [6, 6.07) is 6.12. The molecule has 1 aliphatic rings. The van der Waals surface area contributed by atoms with Crippen molar-refractivity contribution >= 4 is 28.3 Å². The number of hydrogen-bond donors (Lipinski definition) is 0. The Balaban J connectivity index is 1.57. The molecular formula is C25H26ClFN6O3. The highest BCUT2D eigenvalue weighted by molar-refractivity contribution is 6.30. The Hall–Kier alpha value is -3.34. The molecule has 1 aliphatic heterocycles. The maximum atomic E-state index is 15.0. The van der Waals surface area contributed by atoms with Crippen LogP contribution in [0.1, 0.15) is 17.5 Å². The molecule has 0 radical (unpaired) electrons. The van der Waals surface area contributed by atoms with Gasteiger partial charge in [-0.3, -0.25) is 14.0 Å². The third-order valence-electron chi connectivity index (χ3n) is 6.40. The smallest absolute Gasteiger partial charge is 0.263 e.